The fourth-order valence-electron chi connectivity index (χ4n) is 2.04. The molecule has 108 valence electrons. The van der Waals surface area contributed by atoms with Gasteiger partial charge in [0.15, 0.2) is 0 Å². The van der Waals surface area contributed by atoms with E-state index < -0.39 is 11.0 Å². The molecule has 1 fully saturated rings. The van der Waals surface area contributed by atoms with Crippen molar-refractivity contribution in [1.82, 2.24) is 15.3 Å². The maximum Gasteiger partial charge on any atom is 0.407 e. The lowest BCUT2D eigenvalue weighted by Gasteiger charge is -2.17. The highest BCUT2D eigenvalue weighted by Gasteiger charge is 2.30. The van der Waals surface area contributed by atoms with Crippen LogP contribution in [0.1, 0.15) is 6.42 Å². The van der Waals surface area contributed by atoms with Gasteiger partial charge in [-0.3, -0.25) is 10.1 Å². The number of methoxy groups -OCH3 is 1. The molecule has 1 unspecified atom stereocenters. The number of nitrogens with one attached hydrogen (secondary N) is 1. The Hall–Kier alpha value is -2.65. The van der Waals surface area contributed by atoms with Crippen LogP contribution in [0.3, 0.4) is 0 Å². The van der Waals surface area contributed by atoms with Gasteiger partial charge in [-0.05, 0) is 6.42 Å². The zero-order chi connectivity index (χ0) is 14.7. The highest BCUT2D eigenvalue weighted by atomic mass is 16.6. The third-order valence-corrected chi connectivity index (χ3v) is 2.96. The lowest BCUT2D eigenvalue weighted by Crippen LogP contribution is -2.37. The molecule has 0 bridgehead atoms. The molecule has 3 N–H and O–H groups in total. The quantitative estimate of drug-likeness (QED) is 0.579. The predicted octanol–water partition coefficient (Wildman–Crippen LogP) is -0.0983. The molecule has 1 amide bonds. The number of nitro groups is 1. The summed E-state index contributed by atoms with van der Waals surface area (Å²) in [7, 11) is 1.28. The standard InChI is InChI=1S/C10H14N6O4/c1-20-10(17)13-6-2-3-15(5-6)8-7(16(18)19)4-12-9(11)14-8/h4,6H,2-3,5H2,1H3,(H,13,17)(H2,11,12,14). The molecule has 0 saturated carbocycles. The monoisotopic (exact) mass is 282 g/mol. The number of hydrogen-bond acceptors (Lipinski definition) is 8. The van der Waals surface area contributed by atoms with Crippen molar-refractivity contribution in [2.45, 2.75) is 12.5 Å². The lowest BCUT2D eigenvalue weighted by molar-refractivity contribution is -0.384. The van der Waals surface area contributed by atoms with Crippen LogP contribution in [-0.4, -0.2) is 47.2 Å². The van der Waals surface area contributed by atoms with E-state index in [4.69, 9.17) is 5.73 Å². The van der Waals surface area contributed by atoms with Crippen molar-refractivity contribution in [1.29, 1.82) is 0 Å². The molecule has 1 aliphatic heterocycles. The van der Waals surface area contributed by atoms with E-state index in [9.17, 15) is 14.9 Å². The summed E-state index contributed by atoms with van der Waals surface area (Å²) in [5.41, 5.74) is 5.26. The second-order valence-electron chi connectivity index (χ2n) is 4.26. The Morgan fingerprint density at radius 1 is 1.70 bits per heavy atom. The minimum absolute atomic E-state index is 0.0324. The Balaban J connectivity index is 2.15. The number of amides is 1. The van der Waals surface area contributed by atoms with Crippen molar-refractivity contribution >= 4 is 23.5 Å². The van der Waals surface area contributed by atoms with Gasteiger partial charge in [0.1, 0.15) is 6.20 Å². The molecular weight excluding hydrogens is 268 g/mol. The van der Waals surface area contributed by atoms with Crippen molar-refractivity contribution in [3.63, 3.8) is 0 Å². The number of nitrogens with two attached hydrogens (primary N) is 1. The fraction of sp³-hybridized carbons (Fsp3) is 0.500. The topological polar surface area (TPSA) is 137 Å². The van der Waals surface area contributed by atoms with Gasteiger partial charge >= 0.3 is 11.8 Å². The van der Waals surface area contributed by atoms with Gasteiger partial charge in [-0.25, -0.2) is 9.78 Å². The fourth-order valence-corrected chi connectivity index (χ4v) is 2.04. The minimum Gasteiger partial charge on any atom is -0.453 e. The summed E-state index contributed by atoms with van der Waals surface area (Å²) in [6.07, 6.45) is 1.18. The molecule has 2 heterocycles. The van der Waals surface area contributed by atoms with E-state index in [0.29, 0.717) is 19.5 Å². The third kappa shape index (κ3) is 2.84. The van der Waals surface area contributed by atoms with E-state index >= 15 is 0 Å². The molecule has 2 rings (SSSR count). The highest BCUT2D eigenvalue weighted by molar-refractivity contribution is 5.68. The second-order valence-corrected chi connectivity index (χ2v) is 4.26. The maximum atomic E-state index is 11.1. The van der Waals surface area contributed by atoms with Gasteiger partial charge in [-0.2, -0.15) is 4.98 Å². The molecule has 1 aromatic heterocycles. The number of hydrogen-bond donors (Lipinski definition) is 2. The second kappa shape index (κ2) is 5.55. The van der Waals surface area contributed by atoms with Crippen molar-refractivity contribution in [2.75, 3.05) is 30.8 Å². The normalized spacial score (nSPS) is 17.9. The Labute approximate surface area is 114 Å². The van der Waals surface area contributed by atoms with Crippen LogP contribution in [-0.2, 0) is 4.74 Å². The lowest BCUT2D eigenvalue weighted by atomic mass is 10.3. The number of anilines is 2. The van der Waals surface area contributed by atoms with Crippen LogP contribution in [0.5, 0.6) is 0 Å². The van der Waals surface area contributed by atoms with Crippen molar-refractivity contribution < 1.29 is 14.5 Å². The van der Waals surface area contributed by atoms with E-state index in [1.165, 1.54) is 7.11 Å². The van der Waals surface area contributed by atoms with Crippen LogP contribution in [0.25, 0.3) is 0 Å². The molecule has 1 aromatic rings. The van der Waals surface area contributed by atoms with Crippen LogP contribution in [0.15, 0.2) is 6.20 Å². The van der Waals surface area contributed by atoms with Gasteiger partial charge in [-0.1, -0.05) is 0 Å². The minimum atomic E-state index is -0.560. The zero-order valence-electron chi connectivity index (χ0n) is 10.8. The first-order valence-electron chi connectivity index (χ1n) is 5.87. The van der Waals surface area contributed by atoms with Crippen LogP contribution in [0.4, 0.5) is 22.2 Å². The number of alkyl carbamates (subject to hydrolysis) is 1. The molecule has 10 nitrogen and oxygen atoms in total. The third-order valence-electron chi connectivity index (χ3n) is 2.96. The number of carbonyl (C=O) groups is 1. The molecule has 0 aromatic carbocycles. The first-order chi connectivity index (χ1) is 9.51. The van der Waals surface area contributed by atoms with E-state index in [-0.39, 0.29) is 23.5 Å². The Morgan fingerprint density at radius 2 is 2.45 bits per heavy atom. The van der Waals surface area contributed by atoms with Crippen LogP contribution in [0, 0.1) is 10.1 Å². The predicted molar refractivity (Wildman–Crippen MR) is 69.3 cm³/mol. The molecule has 0 aliphatic carbocycles. The molecular formula is C10H14N6O4. The van der Waals surface area contributed by atoms with Crippen LogP contribution in [0.2, 0.25) is 0 Å². The van der Waals surface area contributed by atoms with Gasteiger partial charge in [-0.15, -0.1) is 0 Å². The Morgan fingerprint density at radius 3 is 3.10 bits per heavy atom. The highest BCUT2D eigenvalue weighted by Crippen LogP contribution is 2.28. The smallest absolute Gasteiger partial charge is 0.407 e. The van der Waals surface area contributed by atoms with E-state index in [0.717, 1.165) is 6.20 Å². The Kier molecular flexibility index (Phi) is 3.82. The summed E-state index contributed by atoms with van der Waals surface area (Å²) in [6.45, 7) is 0.915. The molecule has 20 heavy (non-hydrogen) atoms. The van der Waals surface area contributed by atoms with Gasteiger partial charge < -0.3 is 20.7 Å². The maximum absolute atomic E-state index is 11.1. The zero-order valence-corrected chi connectivity index (χ0v) is 10.8. The van der Waals surface area contributed by atoms with Gasteiger partial charge in [0.25, 0.3) is 0 Å². The van der Waals surface area contributed by atoms with Gasteiger partial charge in [0.05, 0.1) is 18.1 Å². The van der Waals surface area contributed by atoms with Crippen LogP contribution < -0.4 is 16.0 Å². The SMILES string of the molecule is COC(=O)NC1CCN(c2nc(N)ncc2[N+](=O)[O-])C1. The van der Waals surface area contributed by atoms with Crippen LogP contribution >= 0.6 is 0 Å². The molecule has 1 atom stereocenters. The number of nitrogens with zero attached hydrogens (tertiary/aromatic N) is 4. The summed E-state index contributed by atoms with van der Waals surface area (Å²) < 4.78 is 4.51. The number of rotatable bonds is 3. The van der Waals surface area contributed by atoms with Gasteiger partial charge in [0, 0.05) is 13.1 Å². The first-order valence-corrected chi connectivity index (χ1v) is 5.87. The molecule has 1 aliphatic rings. The average molecular weight is 282 g/mol. The van der Waals surface area contributed by atoms with Crippen molar-refractivity contribution in [3.05, 3.63) is 16.3 Å². The molecule has 0 spiro atoms. The van der Waals surface area contributed by atoms with Gasteiger partial charge in [0.2, 0.25) is 11.8 Å². The first kappa shape index (κ1) is 13.8. The summed E-state index contributed by atoms with van der Waals surface area (Å²) in [5, 5.41) is 13.6. The average Bonchev–Trinajstić information content (AvgIpc) is 2.86. The summed E-state index contributed by atoms with van der Waals surface area (Å²) >= 11 is 0. The number of carbonyl (C=O) groups excluding carboxylic acids is 1. The Bertz CT molecular complexity index is 536. The number of ether oxygens (including phenoxy) is 1. The summed E-state index contributed by atoms with van der Waals surface area (Å²) in [4.78, 5) is 30.8. The van der Waals surface area contributed by atoms with E-state index in [1.807, 2.05) is 0 Å². The van der Waals surface area contributed by atoms with E-state index in [1.54, 1.807) is 4.90 Å². The summed E-state index contributed by atoms with van der Waals surface area (Å²) in [6, 6.07) is -0.154. The molecule has 1 saturated heterocycles. The van der Waals surface area contributed by atoms with Crippen molar-refractivity contribution in [3.8, 4) is 0 Å². The largest absolute Gasteiger partial charge is 0.453 e. The number of nitrogen functional groups attached to an aromatic ring is 1. The molecule has 10 heteroatoms. The number of aromatic nitrogens is 2. The summed E-state index contributed by atoms with van der Waals surface area (Å²) in [5.74, 6) is 0.131. The van der Waals surface area contributed by atoms with Crippen molar-refractivity contribution in [2.24, 2.45) is 0 Å². The molecule has 0 radical (unpaired) electrons. The van der Waals surface area contributed by atoms with E-state index in [2.05, 4.69) is 20.0 Å².